The van der Waals surface area contributed by atoms with E-state index < -0.39 is 5.54 Å². The number of methoxy groups -OCH3 is 1. The number of azide groups is 1. The van der Waals surface area contributed by atoms with Gasteiger partial charge in [0.05, 0.1) is 23.7 Å². The molecule has 0 spiro atoms. The minimum atomic E-state index is -0.791. The van der Waals surface area contributed by atoms with Crippen LogP contribution in [0.15, 0.2) is 35.7 Å². The molecule has 0 aliphatic heterocycles. The lowest BCUT2D eigenvalue weighted by molar-refractivity contribution is 0.0910. The van der Waals surface area contributed by atoms with Gasteiger partial charge >= 0.3 is 0 Å². The molecule has 0 unspecified atom stereocenters. The van der Waals surface area contributed by atoms with Crippen LogP contribution in [-0.2, 0) is 18.4 Å². The van der Waals surface area contributed by atoms with Crippen LogP contribution in [0, 0.1) is 5.41 Å². The van der Waals surface area contributed by atoms with E-state index in [1.54, 1.807) is 19.5 Å². The zero-order valence-electron chi connectivity index (χ0n) is 19.0. The second-order valence-electron chi connectivity index (χ2n) is 9.57. The Morgan fingerprint density at radius 3 is 2.66 bits per heavy atom. The first-order chi connectivity index (χ1) is 15.1. The predicted molar refractivity (Wildman–Crippen MR) is 122 cm³/mol. The monoisotopic (exact) mass is 430 g/mol. The first-order valence-corrected chi connectivity index (χ1v) is 10.5. The number of carbonyl (C=O) groups is 1. The maximum absolute atomic E-state index is 12.5. The summed E-state index contributed by atoms with van der Waals surface area (Å²) in [6.45, 7) is 7.89. The molecule has 3 aromatic rings. The van der Waals surface area contributed by atoms with Crippen molar-refractivity contribution in [2.24, 2.45) is 10.5 Å². The Hall–Kier alpha value is -3.51. The van der Waals surface area contributed by atoms with Gasteiger partial charge < -0.3 is 4.74 Å². The van der Waals surface area contributed by atoms with Gasteiger partial charge in [-0.25, -0.2) is 4.98 Å². The molecule has 8 heteroatoms. The van der Waals surface area contributed by atoms with E-state index in [0.29, 0.717) is 18.7 Å². The zero-order chi connectivity index (χ0) is 23.1. The molecule has 0 atom stereocenters. The lowest BCUT2D eigenvalue weighted by Gasteiger charge is -2.29. The highest BCUT2D eigenvalue weighted by molar-refractivity contribution is 5.98. The number of Topliss-reactive ketones (excluding diaryl/α,β-unsaturated/α-hetero) is 1. The lowest BCUT2D eigenvalue weighted by Crippen LogP contribution is -2.28. The number of rotatable bonds is 5. The van der Waals surface area contributed by atoms with Crippen molar-refractivity contribution in [2.45, 2.75) is 52.5 Å². The number of hydrogen-bond donors (Lipinski definition) is 0. The molecule has 164 valence electrons. The minimum absolute atomic E-state index is 0.0811. The summed E-state index contributed by atoms with van der Waals surface area (Å²) in [5.41, 5.74) is 12.2. The van der Waals surface area contributed by atoms with Crippen molar-refractivity contribution in [3.8, 4) is 5.88 Å². The molecular formula is C24H26N6O2. The summed E-state index contributed by atoms with van der Waals surface area (Å²) in [5.74, 6) is 0.621. The predicted octanol–water partition coefficient (Wildman–Crippen LogP) is 5.32. The van der Waals surface area contributed by atoms with E-state index in [4.69, 9.17) is 15.3 Å². The summed E-state index contributed by atoms with van der Waals surface area (Å²) in [7, 11) is 1.56. The molecule has 0 radical (unpaired) electrons. The molecule has 3 aromatic heterocycles. The van der Waals surface area contributed by atoms with Gasteiger partial charge in [-0.2, -0.15) is 0 Å². The summed E-state index contributed by atoms with van der Waals surface area (Å²) in [4.78, 5) is 29.2. The summed E-state index contributed by atoms with van der Waals surface area (Å²) < 4.78 is 5.41. The molecule has 0 saturated heterocycles. The molecule has 1 aliphatic carbocycles. The van der Waals surface area contributed by atoms with Gasteiger partial charge in [-0.15, -0.1) is 0 Å². The van der Waals surface area contributed by atoms with Gasteiger partial charge in [-0.1, -0.05) is 32.8 Å². The summed E-state index contributed by atoms with van der Waals surface area (Å²) in [6.07, 6.45) is 5.26. The number of aromatic nitrogens is 3. The highest BCUT2D eigenvalue weighted by atomic mass is 16.5. The van der Waals surface area contributed by atoms with E-state index in [1.165, 1.54) is 0 Å². The Kier molecular flexibility index (Phi) is 5.34. The Morgan fingerprint density at radius 1 is 1.16 bits per heavy atom. The number of hydrogen-bond acceptors (Lipinski definition) is 6. The third kappa shape index (κ3) is 4.01. The third-order valence-electron chi connectivity index (χ3n) is 5.92. The van der Waals surface area contributed by atoms with Crippen molar-refractivity contribution in [1.82, 2.24) is 15.0 Å². The van der Waals surface area contributed by atoms with Crippen LogP contribution < -0.4 is 4.74 Å². The average molecular weight is 431 g/mol. The molecule has 4 rings (SSSR count). The first kappa shape index (κ1) is 21.7. The molecule has 3 heterocycles. The van der Waals surface area contributed by atoms with Crippen LogP contribution in [-0.4, -0.2) is 27.8 Å². The molecule has 0 aromatic carbocycles. The summed E-state index contributed by atoms with van der Waals surface area (Å²) in [5, 5.41) is 5.57. The van der Waals surface area contributed by atoms with E-state index in [9.17, 15) is 4.79 Å². The number of nitrogens with zero attached hydrogens (tertiary/aromatic N) is 6. The first-order valence-electron chi connectivity index (χ1n) is 10.5. The minimum Gasteiger partial charge on any atom is -0.481 e. The lowest BCUT2D eigenvalue weighted by atomic mass is 9.75. The zero-order valence-corrected chi connectivity index (χ0v) is 19.0. The van der Waals surface area contributed by atoms with Crippen LogP contribution in [0.25, 0.3) is 21.2 Å². The fourth-order valence-electron chi connectivity index (χ4n) is 4.33. The van der Waals surface area contributed by atoms with Crippen LogP contribution in [0.4, 0.5) is 0 Å². The van der Waals surface area contributed by atoms with Crippen molar-refractivity contribution in [3.63, 3.8) is 0 Å². The van der Waals surface area contributed by atoms with Gasteiger partial charge in [0.25, 0.3) is 0 Å². The van der Waals surface area contributed by atoms with Gasteiger partial charge in [0.1, 0.15) is 0 Å². The van der Waals surface area contributed by atoms with E-state index in [0.717, 1.165) is 45.4 Å². The fraction of sp³-hybridized carbons (Fsp3) is 0.417. The molecular weight excluding hydrogens is 404 g/mol. The molecule has 1 aliphatic rings. The average Bonchev–Trinajstić information content (AvgIpc) is 2.71. The Bertz CT molecular complexity index is 1270. The van der Waals surface area contributed by atoms with Crippen LogP contribution >= 0.6 is 0 Å². The Balaban J connectivity index is 1.76. The van der Waals surface area contributed by atoms with E-state index in [2.05, 4.69) is 33.8 Å². The van der Waals surface area contributed by atoms with Gasteiger partial charge in [0, 0.05) is 47.1 Å². The Labute approximate surface area is 186 Å². The molecule has 8 nitrogen and oxygen atoms in total. The van der Waals surface area contributed by atoms with Gasteiger partial charge in [0.2, 0.25) is 5.88 Å². The normalized spacial score (nSPS) is 15.2. The molecule has 0 bridgehead atoms. The molecule has 0 N–H and O–H groups in total. The fourth-order valence-corrected chi connectivity index (χ4v) is 4.33. The van der Waals surface area contributed by atoms with Crippen LogP contribution in [0.3, 0.4) is 0 Å². The second kappa shape index (κ2) is 7.88. The van der Waals surface area contributed by atoms with Crippen LogP contribution in [0.5, 0.6) is 5.88 Å². The van der Waals surface area contributed by atoms with Crippen LogP contribution in [0.1, 0.15) is 67.1 Å². The highest BCUT2D eigenvalue weighted by Crippen LogP contribution is 2.36. The van der Waals surface area contributed by atoms with E-state index in [1.807, 2.05) is 32.0 Å². The number of pyridine rings is 3. The molecule has 32 heavy (non-hydrogen) atoms. The number of ether oxygens (including phenoxy) is 1. The molecule has 0 fully saturated rings. The van der Waals surface area contributed by atoms with Crippen molar-refractivity contribution in [3.05, 3.63) is 69.2 Å². The maximum Gasteiger partial charge on any atom is 0.222 e. The van der Waals surface area contributed by atoms with Crippen molar-refractivity contribution in [1.29, 1.82) is 0 Å². The quantitative estimate of drug-likeness (QED) is 0.308. The largest absolute Gasteiger partial charge is 0.481 e. The summed E-state index contributed by atoms with van der Waals surface area (Å²) >= 11 is 0. The van der Waals surface area contributed by atoms with Crippen LogP contribution in [0.2, 0.25) is 0 Å². The summed E-state index contributed by atoms with van der Waals surface area (Å²) in [6, 6.07) is 5.76. The third-order valence-corrected chi connectivity index (χ3v) is 5.92. The molecule has 0 amide bonds. The van der Waals surface area contributed by atoms with Crippen molar-refractivity contribution >= 4 is 16.6 Å². The number of carbonyl (C=O) groups excluding carboxylic acids is 1. The second-order valence-corrected chi connectivity index (χ2v) is 9.57. The van der Waals surface area contributed by atoms with Crippen molar-refractivity contribution < 1.29 is 9.53 Å². The van der Waals surface area contributed by atoms with Crippen molar-refractivity contribution in [2.75, 3.05) is 7.11 Å². The topological polar surface area (TPSA) is 114 Å². The standard InChI is InChI=1S/C24H26N6O2/c1-23(2)10-20-16(21(31)11-23)7-6-14(28-20)8-15-9-17-18(12-26-15)22(32-5)27-13-19(17)24(3,4)29-30-25/h6-7,9,12-13H,8,10-11H2,1-5H3. The Morgan fingerprint density at radius 2 is 1.94 bits per heavy atom. The number of ketones is 1. The van der Waals surface area contributed by atoms with Gasteiger partial charge in [0.15, 0.2) is 5.78 Å². The van der Waals surface area contributed by atoms with E-state index in [-0.39, 0.29) is 11.2 Å². The van der Waals surface area contributed by atoms with Gasteiger partial charge in [-0.05, 0) is 46.5 Å². The number of fused-ring (bicyclic) bond motifs is 2. The SMILES string of the molecule is COc1ncc(C(C)(C)N=[N+]=[N-])c2cc(Cc3ccc4c(n3)CC(C)(C)CC4=O)ncc12. The van der Waals surface area contributed by atoms with E-state index >= 15 is 0 Å². The highest BCUT2D eigenvalue weighted by Gasteiger charge is 2.32. The molecule has 0 saturated carbocycles. The van der Waals surface area contributed by atoms with Gasteiger partial charge in [-0.3, -0.25) is 14.8 Å². The smallest absolute Gasteiger partial charge is 0.222 e. The maximum atomic E-state index is 12.5.